The van der Waals surface area contributed by atoms with Crippen LogP contribution in [0.4, 0.5) is 11.4 Å². The normalized spacial score (nSPS) is 10.1. The van der Waals surface area contributed by atoms with Gasteiger partial charge in [0.15, 0.2) is 5.69 Å². The summed E-state index contributed by atoms with van der Waals surface area (Å²) >= 11 is 0. The molecule has 0 aromatic carbocycles. The fourth-order valence-corrected chi connectivity index (χ4v) is 1.69. The number of hydrogen-bond donors (Lipinski definition) is 0. The van der Waals surface area contributed by atoms with Crippen LogP contribution in [0, 0.1) is 0 Å². The predicted octanol–water partition coefficient (Wildman–Crippen LogP) is 1.83. The van der Waals surface area contributed by atoms with Crippen LogP contribution >= 0.6 is 0 Å². The summed E-state index contributed by atoms with van der Waals surface area (Å²) in [6, 6.07) is 7.04. The number of aromatic nitrogens is 2. The summed E-state index contributed by atoms with van der Waals surface area (Å²) < 4.78 is 5.27. The number of ether oxygens (including phenoxy) is 1. The minimum Gasteiger partial charge on any atom is -0.403 e. The first kappa shape index (κ1) is 14.8. The van der Waals surface area contributed by atoms with Crippen LogP contribution in [-0.4, -0.2) is 44.1 Å². The van der Waals surface area contributed by atoms with Gasteiger partial charge >= 0.3 is 5.97 Å². The van der Waals surface area contributed by atoms with Gasteiger partial charge in [-0.25, -0.2) is 14.8 Å². The molecular weight excluding hydrogens is 268 g/mol. The molecule has 0 bridgehead atoms. The van der Waals surface area contributed by atoms with Crippen LogP contribution in [0.15, 0.2) is 36.7 Å². The molecule has 6 heteroatoms. The molecule has 6 nitrogen and oxygen atoms in total. The van der Waals surface area contributed by atoms with E-state index in [-0.39, 0.29) is 11.6 Å². The highest BCUT2D eigenvalue weighted by molar-refractivity contribution is 5.89. The van der Waals surface area contributed by atoms with Gasteiger partial charge in [-0.3, -0.25) is 0 Å². The lowest BCUT2D eigenvalue weighted by Gasteiger charge is -2.13. The zero-order valence-corrected chi connectivity index (χ0v) is 12.6. The van der Waals surface area contributed by atoms with Crippen molar-refractivity contribution in [2.45, 2.75) is 0 Å². The zero-order valence-electron chi connectivity index (χ0n) is 12.6. The summed E-state index contributed by atoms with van der Waals surface area (Å²) in [5.74, 6) is -0.273. The molecule has 0 radical (unpaired) electrons. The van der Waals surface area contributed by atoms with E-state index in [4.69, 9.17) is 4.74 Å². The lowest BCUT2D eigenvalue weighted by molar-refractivity contribution is 0.0721. The fraction of sp³-hybridized carbons (Fsp3) is 0.267. The largest absolute Gasteiger partial charge is 0.403 e. The standard InChI is InChI=1S/C15H18N4O2/c1-18(2)11-5-7-16-13(9-11)15(20)21-14-10-12(19(3)4)6-8-17-14/h5-10H,1-4H3. The van der Waals surface area contributed by atoms with Crippen molar-refractivity contribution in [1.29, 1.82) is 0 Å². The number of esters is 1. The molecule has 2 aromatic rings. The molecule has 0 unspecified atom stereocenters. The Balaban J connectivity index is 2.18. The number of carbonyl (C=O) groups is 1. The van der Waals surface area contributed by atoms with Crippen molar-refractivity contribution in [2.24, 2.45) is 0 Å². The molecule has 110 valence electrons. The average Bonchev–Trinajstić information content (AvgIpc) is 2.47. The molecule has 2 aromatic heterocycles. The Morgan fingerprint density at radius 2 is 1.52 bits per heavy atom. The zero-order chi connectivity index (χ0) is 15.4. The summed E-state index contributed by atoms with van der Waals surface area (Å²) in [6.45, 7) is 0. The van der Waals surface area contributed by atoms with E-state index in [1.807, 2.05) is 50.1 Å². The molecule has 0 aliphatic rings. The molecule has 0 spiro atoms. The molecule has 2 heterocycles. The Morgan fingerprint density at radius 1 is 0.952 bits per heavy atom. The molecule has 0 aliphatic carbocycles. The third-order valence-electron chi connectivity index (χ3n) is 2.90. The first-order valence-electron chi connectivity index (χ1n) is 6.46. The van der Waals surface area contributed by atoms with Crippen molar-refractivity contribution in [2.75, 3.05) is 38.0 Å². The average molecular weight is 286 g/mol. The van der Waals surface area contributed by atoms with E-state index in [9.17, 15) is 4.79 Å². The van der Waals surface area contributed by atoms with Crippen LogP contribution in [0.1, 0.15) is 10.5 Å². The van der Waals surface area contributed by atoms with Gasteiger partial charge in [-0.05, 0) is 18.2 Å². The SMILES string of the molecule is CN(C)c1ccnc(OC(=O)c2cc(N(C)C)ccn2)c1. The Morgan fingerprint density at radius 3 is 2.14 bits per heavy atom. The number of rotatable bonds is 4. The van der Waals surface area contributed by atoms with Gasteiger partial charge in [0, 0.05) is 58.0 Å². The second-order valence-electron chi connectivity index (χ2n) is 4.93. The molecule has 2 rings (SSSR count). The number of pyridine rings is 2. The molecule has 0 fully saturated rings. The van der Waals surface area contributed by atoms with Gasteiger partial charge in [-0.2, -0.15) is 0 Å². The fourth-order valence-electron chi connectivity index (χ4n) is 1.69. The number of carbonyl (C=O) groups excluding carboxylic acids is 1. The van der Waals surface area contributed by atoms with Gasteiger partial charge in [0.1, 0.15) is 0 Å². The number of anilines is 2. The lowest BCUT2D eigenvalue weighted by Crippen LogP contribution is -2.15. The van der Waals surface area contributed by atoms with E-state index in [0.29, 0.717) is 0 Å². The number of nitrogens with zero attached hydrogens (tertiary/aromatic N) is 4. The minimum atomic E-state index is -0.526. The van der Waals surface area contributed by atoms with E-state index < -0.39 is 5.97 Å². The van der Waals surface area contributed by atoms with Crippen molar-refractivity contribution < 1.29 is 9.53 Å². The molecule has 21 heavy (non-hydrogen) atoms. The van der Waals surface area contributed by atoms with Gasteiger partial charge in [-0.1, -0.05) is 0 Å². The summed E-state index contributed by atoms with van der Waals surface area (Å²) in [7, 11) is 7.60. The van der Waals surface area contributed by atoms with E-state index in [2.05, 4.69) is 9.97 Å². The first-order chi connectivity index (χ1) is 9.97. The third-order valence-corrected chi connectivity index (χ3v) is 2.90. The Hall–Kier alpha value is -2.63. The summed E-state index contributed by atoms with van der Waals surface area (Å²) in [4.78, 5) is 24.0. The lowest BCUT2D eigenvalue weighted by atomic mass is 10.3. The van der Waals surface area contributed by atoms with Gasteiger partial charge in [0.25, 0.3) is 0 Å². The topological polar surface area (TPSA) is 58.6 Å². The quantitative estimate of drug-likeness (QED) is 0.799. The van der Waals surface area contributed by atoms with Gasteiger partial charge in [-0.15, -0.1) is 0 Å². The highest BCUT2D eigenvalue weighted by atomic mass is 16.5. The van der Waals surface area contributed by atoms with E-state index in [1.54, 1.807) is 24.5 Å². The third kappa shape index (κ3) is 3.68. The maximum atomic E-state index is 12.1. The molecular formula is C15H18N4O2. The van der Waals surface area contributed by atoms with E-state index in [1.165, 1.54) is 0 Å². The van der Waals surface area contributed by atoms with E-state index >= 15 is 0 Å². The summed E-state index contributed by atoms with van der Waals surface area (Å²) in [6.07, 6.45) is 3.18. The van der Waals surface area contributed by atoms with Crippen LogP contribution in [0.5, 0.6) is 5.88 Å². The second-order valence-corrected chi connectivity index (χ2v) is 4.93. The van der Waals surface area contributed by atoms with Crippen molar-refractivity contribution in [3.05, 3.63) is 42.4 Å². The Bertz CT molecular complexity index is 641. The molecule has 0 N–H and O–H groups in total. The van der Waals surface area contributed by atoms with Crippen LogP contribution < -0.4 is 14.5 Å². The van der Waals surface area contributed by atoms with Crippen LogP contribution in [-0.2, 0) is 0 Å². The smallest absolute Gasteiger partial charge is 0.363 e. The van der Waals surface area contributed by atoms with Crippen LogP contribution in [0.3, 0.4) is 0 Å². The van der Waals surface area contributed by atoms with Crippen LogP contribution in [0.25, 0.3) is 0 Å². The first-order valence-corrected chi connectivity index (χ1v) is 6.46. The van der Waals surface area contributed by atoms with Gasteiger partial charge < -0.3 is 14.5 Å². The molecule has 0 aliphatic heterocycles. The molecule has 0 saturated carbocycles. The highest BCUT2D eigenvalue weighted by Gasteiger charge is 2.13. The highest BCUT2D eigenvalue weighted by Crippen LogP contribution is 2.18. The van der Waals surface area contributed by atoms with Gasteiger partial charge in [0.05, 0.1) is 0 Å². The van der Waals surface area contributed by atoms with Crippen molar-refractivity contribution in [3.8, 4) is 5.88 Å². The van der Waals surface area contributed by atoms with Crippen molar-refractivity contribution in [3.63, 3.8) is 0 Å². The van der Waals surface area contributed by atoms with Crippen LogP contribution in [0.2, 0.25) is 0 Å². The summed E-state index contributed by atoms with van der Waals surface area (Å²) in [5.41, 5.74) is 2.04. The Labute approximate surface area is 124 Å². The second kappa shape index (κ2) is 6.21. The minimum absolute atomic E-state index is 0.248. The van der Waals surface area contributed by atoms with Gasteiger partial charge in [0.2, 0.25) is 5.88 Å². The maximum absolute atomic E-state index is 12.1. The monoisotopic (exact) mass is 286 g/mol. The maximum Gasteiger partial charge on any atom is 0.363 e. The number of hydrogen-bond acceptors (Lipinski definition) is 6. The van der Waals surface area contributed by atoms with Crippen molar-refractivity contribution in [1.82, 2.24) is 9.97 Å². The van der Waals surface area contributed by atoms with Crippen molar-refractivity contribution >= 4 is 17.3 Å². The molecule has 0 atom stereocenters. The predicted molar refractivity (Wildman–Crippen MR) is 82.1 cm³/mol. The molecule has 0 saturated heterocycles. The Kier molecular flexibility index (Phi) is 4.37. The molecule has 0 amide bonds. The summed E-state index contributed by atoms with van der Waals surface area (Å²) in [5, 5.41) is 0. The van der Waals surface area contributed by atoms with E-state index in [0.717, 1.165) is 11.4 Å².